The van der Waals surface area contributed by atoms with Crippen molar-refractivity contribution in [3.63, 3.8) is 0 Å². The number of aromatic nitrogens is 5. The van der Waals surface area contributed by atoms with Crippen molar-refractivity contribution >= 4 is 56.7 Å². The van der Waals surface area contributed by atoms with Crippen LogP contribution in [0.5, 0.6) is 0 Å². The number of hydrogen-bond donors (Lipinski definition) is 0. The highest BCUT2D eigenvalue weighted by atomic mass is 127. The molecule has 0 amide bonds. The Hall–Kier alpha value is -2.91. The third kappa shape index (κ3) is 3.26. The summed E-state index contributed by atoms with van der Waals surface area (Å²) in [6.45, 7) is 0. The summed E-state index contributed by atoms with van der Waals surface area (Å²) in [6.07, 6.45) is 0. The van der Waals surface area contributed by atoms with Crippen molar-refractivity contribution in [1.82, 2.24) is 25.0 Å². The number of halogens is 2. The van der Waals surface area contributed by atoms with Gasteiger partial charge in [0.15, 0.2) is 5.78 Å². The molecule has 0 aliphatic heterocycles. The quantitative estimate of drug-likeness (QED) is 0.256. The molecule has 2 heterocycles. The van der Waals surface area contributed by atoms with Crippen LogP contribution in [-0.2, 0) is 0 Å². The van der Waals surface area contributed by atoms with Crippen molar-refractivity contribution in [3.05, 3.63) is 86.4 Å². The van der Waals surface area contributed by atoms with Crippen molar-refractivity contribution in [2.75, 3.05) is 0 Å². The van der Waals surface area contributed by atoms with Gasteiger partial charge < -0.3 is 0 Å². The van der Waals surface area contributed by atoms with E-state index >= 15 is 0 Å². The number of fused-ring (bicyclic) bond motifs is 3. The van der Waals surface area contributed by atoms with E-state index in [9.17, 15) is 4.79 Å². The van der Waals surface area contributed by atoms with Crippen molar-refractivity contribution in [2.24, 2.45) is 0 Å². The first-order chi connectivity index (χ1) is 14.1. The number of rotatable bonds is 3. The van der Waals surface area contributed by atoms with Crippen LogP contribution in [0.4, 0.5) is 0 Å². The maximum Gasteiger partial charge on any atom is 0.274 e. The molecule has 29 heavy (non-hydrogen) atoms. The molecule has 0 saturated heterocycles. The van der Waals surface area contributed by atoms with Gasteiger partial charge >= 0.3 is 0 Å². The highest BCUT2D eigenvalue weighted by Crippen LogP contribution is 2.30. The molecule has 140 valence electrons. The van der Waals surface area contributed by atoms with Crippen molar-refractivity contribution in [1.29, 1.82) is 0 Å². The molecule has 0 saturated carbocycles. The van der Waals surface area contributed by atoms with Crippen LogP contribution in [0.25, 0.3) is 27.9 Å². The second kappa shape index (κ2) is 7.16. The van der Waals surface area contributed by atoms with Crippen LogP contribution < -0.4 is 0 Å². The highest BCUT2D eigenvalue weighted by Gasteiger charge is 2.16. The molecule has 0 bridgehead atoms. The van der Waals surface area contributed by atoms with Crippen molar-refractivity contribution < 1.29 is 4.79 Å². The van der Waals surface area contributed by atoms with Gasteiger partial charge in [-0.15, -0.1) is 0 Å². The number of hydrogen-bond acceptors (Lipinski definition) is 5. The summed E-state index contributed by atoms with van der Waals surface area (Å²) >= 11 is 8.40. The fourth-order valence-corrected chi connectivity index (χ4v) is 3.79. The normalized spacial score (nSPS) is 11.2. The lowest BCUT2D eigenvalue weighted by atomic mass is 9.99. The summed E-state index contributed by atoms with van der Waals surface area (Å²) in [4.78, 5) is 17.6. The van der Waals surface area contributed by atoms with Crippen molar-refractivity contribution in [3.8, 4) is 11.3 Å². The van der Waals surface area contributed by atoms with Gasteiger partial charge in [0.2, 0.25) is 0 Å². The van der Waals surface area contributed by atoms with E-state index in [4.69, 9.17) is 11.6 Å². The predicted molar refractivity (Wildman–Crippen MR) is 119 cm³/mol. The van der Waals surface area contributed by atoms with Gasteiger partial charge in [0.25, 0.3) is 5.78 Å². The summed E-state index contributed by atoms with van der Waals surface area (Å²) in [7, 11) is 0. The predicted octanol–water partition coefficient (Wildman–Crippen LogP) is 4.83. The van der Waals surface area contributed by atoms with Crippen LogP contribution in [0.3, 0.4) is 0 Å². The van der Waals surface area contributed by atoms with Gasteiger partial charge in [-0.05, 0) is 87.6 Å². The molecule has 8 heteroatoms. The Morgan fingerprint density at radius 2 is 1.76 bits per heavy atom. The molecule has 0 N–H and O–H groups in total. The molecule has 0 spiro atoms. The zero-order valence-electron chi connectivity index (χ0n) is 14.8. The van der Waals surface area contributed by atoms with Crippen LogP contribution in [0, 0.1) is 3.57 Å². The van der Waals surface area contributed by atoms with Gasteiger partial charge in [0.05, 0.1) is 11.2 Å². The van der Waals surface area contributed by atoms with E-state index in [-0.39, 0.29) is 5.78 Å². The fraction of sp³-hybridized carbons (Fsp3) is 0. The van der Waals surface area contributed by atoms with Crippen LogP contribution in [-0.4, -0.2) is 30.8 Å². The summed E-state index contributed by atoms with van der Waals surface area (Å²) in [5.41, 5.74) is 3.45. The summed E-state index contributed by atoms with van der Waals surface area (Å²) in [5.74, 6) is 0.321. The standard InChI is InChI=1S/C21H11ClIN5O/c22-15-3-1-2-13(10-15)19-17-11-14(20(29)12-4-7-16(23)8-5-12)6-9-18(17)28-21(24-19)25-26-27-28/h1-11H. The molecular formula is C21H11ClIN5O. The number of carbonyl (C=O) groups is 1. The first kappa shape index (κ1) is 18.1. The largest absolute Gasteiger partial charge is 0.289 e. The molecule has 0 aliphatic rings. The van der Waals surface area contributed by atoms with E-state index < -0.39 is 0 Å². The Morgan fingerprint density at radius 1 is 0.966 bits per heavy atom. The van der Waals surface area contributed by atoms with Crippen LogP contribution in [0.15, 0.2) is 66.7 Å². The fourth-order valence-electron chi connectivity index (χ4n) is 3.24. The molecule has 5 rings (SSSR count). The zero-order valence-corrected chi connectivity index (χ0v) is 17.7. The lowest BCUT2D eigenvalue weighted by molar-refractivity contribution is 0.103. The molecule has 0 radical (unpaired) electrons. The Labute approximate surface area is 183 Å². The smallest absolute Gasteiger partial charge is 0.274 e. The highest BCUT2D eigenvalue weighted by molar-refractivity contribution is 14.1. The van der Waals surface area contributed by atoms with Crippen LogP contribution in [0.2, 0.25) is 5.02 Å². The Balaban J connectivity index is 1.75. The number of tetrazole rings is 1. The maximum absolute atomic E-state index is 13.0. The number of benzene rings is 3. The van der Waals surface area contributed by atoms with Gasteiger partial charge in [-0.1, -0.05) is 28.8 Å². The second-order valence-corrected chi connectivity index (χ2v) is 8.11. The molecule has 0 aliphatic carbocycles. The third-order valence-electron chi connectivity index (χ3n) is 4.61. The number of nitrogens with zero attached hydrogens (tertiary/aromatic N) is 5. The minimum absolute atomic E-state index is 0.0582. The molecule has 0 unspecified atom stereocenters. The monoisotopic (exact) mass is 511 g/mol. The number of ketones is 1. The Bertz CT molecular complexity index is 1400. The van der Waals surface area contributed by atoms with E-state index in [0.717, 1.165) is 20.0 Å². The minimum Gasteiger partial charge on any atom is -0.289 e. The molecular weight excluding hydrogens is 501 g/mol. The topological polar surface area (TPSA) is 73.0 Å². The maximum atomic E-state index is 13.0. The third-order valence-corrected chi connectivity index (χ3v) is 5.57. The zero-order chi connectivity index (χ0) is 20.0. The molecule has 6 nitrogen and oxygen atoms in total. The van der Waals surface area contributed by atoms with E-state index in [2.05, 4.69) is 43.1 Å². The van der Waals surface area contributed by atoms with E-state index in [1.807, 2.05) is 54.6 Å². The average molecular weight is 512 g/mol. The molecule has 0 atom stereocenters. The van der Waals surface area contributed by atoms with Gasteiger partial charge in [-0.25, -0.2) is 4.98 Å². The van der Waals surface area contributed by atoms with E-state index in [0.29, 0.717) is 27.6 Å². The van der Waals surface area contributed by atoms with E-state index in [1.165, 1.54) is 0 Å². The average Bonchev–Trinajstić information content (AvgIpc) is 3.22. The first-order valence-electron chi connectivity index (χ1n) is 8.68. The lowest BCUT2D eigenvalue weighted by Crippen LogP contribution is -2.03. The first-order valence-corrected chi connectivity index (χ1v) is 10.1. The van der Waals surface area contributed by atoms with Gasteiger partial charge in [0.1, 0.15) is 0 Å². The number of carbonyl (C=O) groups excluding carboxylic acids is 1. The van der Waals surface area contributed by atoms with Gasteiger partial charge in [-0.3, -0.25) is 4.79 Å². The summed E-state index contributed by atoms with van der Waals surface area (Å²) < 4.78 is 2.63. The van der Waals surface area contributed by atoms with E-state index in [1.54, 1.807) is 16.6 Å². The van der Waals surface area contributed by atoms with Crippen LogP contribution >= 0.6 is 34.2 Å². The summed E-state index contributed by atoms with van der Waals surface area (Å²) in [5, 5.41) is 13.1. The molecule has 5 aromatic rings. The van der Waals surface area contributed by atoms with Gasteiger partial charge in [0, 0.05) is 30.7 Å². The summed E-state index contributed by atoms with van der Waals surface area (Å²) in [6, 6.07) is 20.4. The molecule has 3 aromatic carbocycles. The SMILES string of the molecule is O=C(c1ccc(I)cc1)c1ccc2c(c1)c(-c1cccc(Cl)c1)nc1nnnn12. The van der Waals surface area contributed by atoms with Crippen LogP contribution in [0.1, 0.15) is 15.9 Å². The molecule has 0 fully saturated rings. The second-order valence-electron chi connectivity index (χ2n) is 6.43. The Kier molecular flexibility index (Phi) is 4.48. The van der Waals surface area contributed by atoms with Crippen molar-refractivity contribution in [2.45, 2.75) is 0 Å². The molecule has 2 aromatic heterocycles. The lowest BCUT2D eigenvalue weighted by Gasteiger charge is -2.09. The minimum atomic E-state index is -0.0582. The van der Waals surface area contributed by atoms with Gasteiger partial charge in [-0.2, -0.15) is 4.52 Å². The Morgan fingerprint density at radius 3 is 2.55 bits per heavy atom.